The molecule has 0 saturated carbocycles. The molecule has 2 atom stereocenters. The highest BCUT2D eigenvalue weighted by Crippen LogP contribution is 2.22. The van der Waals surface area contributed by atoms with E-state index >= 15 is 0 Å². The molecule has 162 valence electrons. The molecule has 0 aliphatic carbocycles. The number of piperidine rings is 1. The summed E-state index contributed by atoms with van der Waals surface area (Å²) in [6.45, 7) is 9.30. The van der Waals surface area contributed by atoms with Crippen LogP contribution in [-0.4, -0.2) is 48.8 Å². The topological polar surface area (TPSA) is 53.6 Å². The van der Waals surface area contributed by atoms with Gasteiger partial charge < -0.3 is 20.3 Å². The zero-order chi connectivity index (χ0) is 21.4. The Balaban J connectivity index is 1.59. The third kappa shape index (κ3) is 7.38. The van der Waals surface area contributed by atoms with Gasteiger partial charge in [-0.05, 0) is 51.3 Å². The van der Waals surface area contributed by atoms with E-state index in [9.17, 15) is 4.79 Å². The molecule has 2 N–H and O–H groups in total. The summed E-state index contributed by atoms with van der Waals surface area (Å²) in [6, 6.07) is 21.3. The fraction of sp³-hybridized carbons (Fsp3) is 0.480. The number of carbonyl (C=O) groups is 1. The van der Waals surface area contributed by atoms with E-state index in [2.05, 4.69) is 58.0 Å². The molecule has 5 heteroatoms. The zero-order valence-corrected chi connectivity index (χ0v) is 18.4. The van der Waals surface area contributed by atoms with E-state index in [0.29, 0.717) is 18.5 Å². The minimum absolute atomic E-state index is 0.308. The lowest BCUT2D eigenvalue weighted by Gasteiger charge is -2.39. The number of rotatable bonds is 7. The molecule has 0 bridgehead atoms. The summed E-state index contributed by atoms with van der Waals surface area (Å²) in [4.78, 5) is 14.7. The Morgan fingerprint density at radius 3 is 2.40 bits per heavy atom. The van der Waals surface area contributed by atoms with Crippen molar-refractivity contribution in [3.05, 3.63) is 66.2 Å². The maximum absolute atomic E-state index is 12.2. The van der Waals surface area contributed by atoms with E-state index in [-0.39, 0.29) is 6.09 Å². The van der Waals surface area contributed by atoms with Crippen molar-refractivity contribution in [3.8, 4) is 0 Å². The van der Waals surface area contributed by atoms with Gasteiger partial charge in [0, 0.05) is 43.8 Å². The number of benzene rings is 2. The highest BCUT2D eigenvalue weighted by molar-refractivity contribution is 5.67. The van der Waals surface area contributed by atoms with Gasteiger partial charge in [0.25, 0.3) is 0 Å². The molecule has 2 unspecified atom stereocenters. The summed E-state index contributed by atoms with van der Waals surface area (Å²) in [5.41, 5.74) is 2.01. The maximum atomic E-state index is 12.2. The van der Waals surface area contributed by atoms with Crippen LogP contribution in [0.2, 0.25) is 0 Å². The van der Waals surface area contributed by atoms with Gasteiger partial charge >= 0.3 is 6.09 Å². The number of nitrogens with zero attached hydrogens (tertiary/aromatic N) is 1. The Morgan fingerprint density at radius 1 is 1.07 bits per heavy atom. The highest BCUT2D eigenvalue weighted by atomic mass is 16.6. The van der Waals surface area contributed by atoms with Crippen LogP contribution in [0.4, 0.5) is 10.5 Å². The van der Waals surface area contributed by atoms with E-state index in [1.54, 1.807) is 0 Å². The van der Waals surface area contributed by atoms with E-state index in [0.717, 1.165) is 38.2 Å². The van der Waals surface area contributed by atoms with Crippen LogP contribution in [0.15, 0.2) is 60.7 Å². The summed E-state index contributed by atoms with van der Waals surface area (Å²) in [5.74, 6) is 0.308. The normalized spacial score (nSPS) is 19.8. The molecule has 5 nitrogen and oxygen atoms in total. The largest absolute Gasteiger partial charge is 0.444 e. The molecule has 1 aliphatic heterocycles. The summed E-state index contributed by atoms with van der Waals surface area (Å²) < 4.78 is 5.43. The third-order valence-corrected chi connectivity index (χ3v) is 5.41. The van der Waals surface area contributed by atoms with Crippen LogP contribution in [-0.2, 0) is 11.2 Å². The number of carbonyl (C=O) groups excluding carboxylic acids is 1. The standard InChI is InChI=1S/C25H35N3O2/c1-25(2,3)30-24(29)26-18-21-19-28(16-14-20-10-6-4-7-11-20)17-15-23(21)27-22-12-8-5-9-13-22/h4-13,21,23,27H,14-19H2,1-3H3,(H,26,29). The van der Waals surface area contributed by atoms with E-state index in [1.165, 1.54) is 5.56 Å². The van der Waals surface area contributed by atoms with Crippen molar-refractivity contribution in [2.24, 2.45) is 5.92 Å². The fourth-order valence-electron chi connectivity index (χ4n) is 3.92. The SMILES string of the molecule is CC(C)(C)OC(=O)NCC1CN(CCc2ccccc2)CCC1Nc1ccccc1. The maximum Gasteiger partial charge on any atom is 0.407 e. The summed E-state index contributed by atoms with van der Waals surface area (Å²) in [7, 11) is 0. The number of para-hydroxylation sites is 1. The van der Waals surface area contributed by atoms with Gasteiger partial charge in [0.15, 0.2) is 0 Å². The van der Waals surface area contributed by atoms with E-state index in [1.807, 2.05) is 39.0 Å². The molecule has 1 amide bonds. The summed E-state index contributed by atoms with van der Waals surface area (Å²) >= 11 is 0. The van der Waals surface area contributed by atoms with Crippen molar-refractivity contribution in [3.63, 3.8) is 0 Å². The number of likely N-dealkylation sites (tertiary alicyclic amines) is 1. The molecule has 0 spiro atoms. The van der Waals surface area contributed by atoms with E-state index < -0.39 is 5.60 Å². The van der Waals surface area contributed by atoms with Gasteiger partial charge in [-0.3, -0.25) is 0 Å². The lowest BCUT2D eigenvalue weighted by Crippen LogP contribution is -2.51. The highest BCUT2D eigenvalue weighted by Gasteiger charge is 2.30. The van der Waals surface area contributed by atoms with Gasteiger partial charge in [0.05, 0.1) is 0 Å². The van der Waals surface area contributed by atoms with Gasteiger partial charge in [-0.25, -0.2) is 4.79 Å². The summed E-state index contributed by atoms with van der Waals surface area (Å²) in [5, 5.41) is 6.67. The molecule has 30 heavy (non-hydrogen) atoms. The average molecular weight is 410 g/mol. The Bertz CT molecular complexity index is 774. The molecular formula is C25H35N3O2. The van der Waals surface area contributed by atoms with Crippen molar-refractivity contribution < 1.29 is 9.53 Å². The first-order chi connectivity index (χ1) is 14.4. The van der Waals surface area contributed by atoms with Gasteiger partial charge in [-0.15, -0.1) is 0 Å². The minimum Gasteiger partial charge on any atom is -0.444 e. The smallest absolute Gasteiger partial charge is 0.407 e. The first-order valence-electron chi connectivity index (χ1n) is 10.9. The van der Waals surface area contributed by atoms with Crippen LogP contribution in [0, 0.1) is 5.92 Å². The van der Waals surface area contributed by atoms with Crippen LogP contribution in [0.3, 0.4) is 0 Å². The van der Waals surface area contributed by atoms with E-state index in [4.69, 9.17) is 4.74 Å². The van der Waals surface area contributed by atoms with Crippen LogP contribution >= 0.6 is 0 Å². The van der Waals surface area contributed by atoms with Crippen LogP contribution in [0.1, 0.15) is 32.8 Å². The fourth-order valence-corrected chi connectivity index (χ4v) is 3.92. The van der Waals surface area contributed by atoms with Crippen molar-refractivity contribution >= 4 is 11.8 Å². The summed E-state index contributed by atoms with van der Waals surface area (Å²) in [6.07, 6.45) is 1.75. The van der Waals surface area contributed by atoms with Gasteiger partial charge in [-0.1, -0.05) is 48.5 Å². The van der Waals surface area contributed by atoms with Crippen molar-refractivity contribution in [2.75, 3.05) is 31.5 Å². The minimum atomic E-state index is -0.486. The second-order valence-corrected chi connectivity index (χ2v) is 9.08. The third-order valence-electron chi connectivity index (χ3n) is 5.41. The molecular weight excluding hydrogens is 374 g/mol. The number of amides is 1. The molecule has 1 fully saturated rings. The van der Waals surface area contributed by atoms with Crippen molar-refractivity contribution in [1.29, 1.82) is 0 Å². The Hall–Kier alpha value is -2.53. The molecule has 1 saturated heterocycles. The van der Waals surface area contributed by atoms with Crippen LogP contribution in [0.5, 0.6) is 0 Å². The number of ether oxygens (including phenoxy) is 1. The van der Waals surface area contributed by atoms with Gasteiger partial charge in [0.2, 0.25) is 0 Å². The zero-order valence-electron chi connectivity index (χ0n) is 18.4. The van der Waals surface area contributed by atoms with Crippen LogP contribution in [0.25, 0.3) is 0 Å². The lowest BCUT2D eigenvalue weighted by atomic mass is 9.91. The monoisotopic (exact) mass is 409 g/mol. The van der Waals surface area contributed by atoms with Crippen LogP contribution < -0.4 is 10.6 Å². The average Bonchev–Trinajstić information content (AvgIpc) is 2.72. The molecule has 3 rings (SSSR count). The van der Waals surface area contributed by atoms with Crippen molar-refractivity contribution in [1.82, 2.24) is 10.2 Å². The lowest BCUT2D eigenvalue weighted by molar-refractivity contribution is 0.0504. The number of hydrogen-bond acceptors (Lipinski definition) is 4. The molecule has 0 radical (unpaired) electrons. The molecule has 2 aromatic carbocycles. The molecule has 1 aliphatic rings. The predicted octanol–water partition coefficient (Wildman–Crippen LogP) is 4.56. The Labute approximate surface area is 180 Å². The Morgan fingerprint density at radius 2 is 1.73 bits per heavy atom. The quantitative estimate of drug-likeness (QED) is 0.704. The molecule has 1 heterocycles. The molecule has 2 aromatic rings. The molecule has 0 aromatic heterocycles. The number of anilines is 1. The first-order valence-corrected chi connectivity index (χ1v) is 10.9. The Kier molecular flexibility index (Phi) is 7.75. The first kappa shape index (κ1) is 22.2. The van der Waals surface area contributed by atoms with Gasteiger partial charge in [0.1, 0.15) is 5.60 Å². The number of alkyl carbamates (subject to hydrolysis) is 1. The number of nitrogens with one attached hydrogen (secondary N) is 2. The van der Waals surface area contributed by atoms with Gasteiger partial charge in [-0.2, -0.15) is 0 Å². The number of hydrogen-bond donors (Lipinski definition) is 2. The predicted molar refractivity (Wildman–Crippen MR) is 123 cm³/mol. The second kappa shape index (κ2) is 10.5. The van der Waals surface area contributed by atoms with Crippen molar-refractivity contribution in [2.45, 2.75) is 45.3 Å². The second-order valence-electron chi connectivity index (χ2n) is 9.08.